The van der Waals surface area contributed by atoms with Crippen LogP contribution in [0.25, 0.3) is 0 Å². The summed E-state index contributed by atoms with van der Waals surface area (Å²) in [6.07, 6.45) is 1.25. The van der Waals surface area contributed by atoms with E-state index in [1.807, 2.05) is 13.8 Å². The van der Waals surface area contributed by atoms with Gasteiger partial charge in [0.25, 0.3) is 10.0 Å². The van der Waals surface area contributed by atoms with Gasteiger partial charge < -0.3 is 10.6 Å². The summed E-state index contributed by atoms with van der Waals surface area (Å²) >= 11 is 1.14. The van der Waals surface area contributed by atoms with Crippen molar-refractivity contribution in [3.8, 4) is 0 Å². The normalized spacial score (nSPS) is 12.2. The van der Waals surface area contributed by atoms with E-state index in [0.29, 0.717) is 5.69 Å². The number of sulfonamides is 1. The number of carbonyl (C=O) groups is 2. The smallest absolute Gasteiger partial charge is 0.271 e. The molecule has 0 saturated heterocycles. The van der Waals surface area contributed by atoms with Gasteiger partial charge in [0.15, 0.2) is 0 Å². The van der Waals surface area contributed by atoms with Gasteiger partial charge in [-0.3, -0.25) is 14.3 Å². The summed E-state index contributed by atoms with van der Waals surface area (Å²) in [7, 11) is -3.59. The molecule has 2 aromatic rings. The Bertz CT molecular complexity index is 878. The first kappa shape index (κ1) is 21.9. The summed E-state index contributed by atoms with van der Waals surface area (Å²) < 4.78 is 27.1. The van der Waals surface area contributed by atoms with Crippen LogP contribution in [0.5, 0.6) is 0 Å². The maximum absolute atomic E-state index is 12.2. The zero-order valence-electron chi connectivity index (χ0n) is 15.9. The summed E-state index contributed by atoms with van der Waals surface area (Å²) in [4.78, 5) is 23.7. The van der Waals surface area contributed by atoms with Crippen LogP contribution in [0.15, 0.2) is 46.0 Å². The van der Waals surface area contributed by atoms with Crippen molar-refractivity contribution in [2.45, 2.75) is 43.4 Å². The van der Waals surface area contributed by atoms with E-state index < -0.39 is 10.0 Å². The number of nitrogens with one attached hydrogen (secondary N) is 3. The van der Waals surface area contributed by atoms with Gasteiger partial charge in [-0.1, -0.05) is 25.1 Å². The van der Waals surface area contributed by atoms with Gasteiger partial charge in [-0.15, -0.1) is 11.3 Å². The van der Waals surface area contributed by atoms with Gasteiger partial charge >= 0.3 is 0 Å². The lowest BCUT2D eigenvalue weighted by Gasteiger charge is -2.11. The summed E-state index contributed by atoms with van der Waals surface area (Å²) in [5.74, 6) is -0.278. The van der Waals surface area contributed by atoms with Gasteiger partial charge in [-0.2, -0.15) is 0 Å². The van der Waals surface area contributed by atoms with Gasteiger partial charge in [0, 0.05) is 24.7 Å². The second kappa shape index (κ2) is 10.2. The number of hydrogen-bond donors (Lipinski definition) is 3. The molecule has 0 fully saturated rings. The average molecular weight is 424 g/mol. The highest BCUT2D eigenvalue weighted by molar-refractivity contribution is 7.94. The zero-order chi connectivity index (χ0) is 20.6. The number of thiophene rings is 1. The van der Waals surface area contributed by atoms with E-state index in [4.69, 9.17) is 0 Å². The molecule has 1 aromatic carbocycles. The van der Waals surface area contributed by atoms with E-state index in [2.05, 4.69) is 15.4 Å². The average Bonchev–Trinajstić information content (AvgIpc) is 3.18. The Morgan fingerprint density at radius 2 is 1.82 bits per heavy atom. The lowest BCUT2D eigenvalue weighted by atomic mass is 10.1. The molecule has 0 aliphatic rings. The highest BCUT2D eigenvalue weighted by atomic mass is 32.2. The number of carbonyl (C=O) groups excluding carboxylic acids is 2. The Morgan fingerprint density at radius 3 is 2.43 bits per heavy atom. The van der Waals surface area contributed by atoms with Crippen molar-refractivity contribution in [2.24, 2.45) is 0 Å². The van der Waals surface area contributed by atoms with Crippen LogP contribution in [-0.4, -0.2) is 32.8 Å². The number of anilines is 1. The maximum Gasteiger partial charge on any atom is 0.271 e. The minimum Gasteiger partial charge on any atom is -0.355 e. The van der Waals surface area contributed by atoms with Gasteiger partial charge in [0.1, 0.15) is 4.21 Å². The van der Waals surface area contributed by atoms with Crippen molar-refractivity contribution in [3.63, 3.8) is 0 Å². The summed E-state index contributed by atoms with van der Waals surface area (Å²) in [6.45, 7) is 4.20. The predicted octanol–water partition coefficient (Wildman–Crippen LogP) is 2.51. The van der Waals surface area contributed by atoms with Gasteiger partial charge in [-0.05, 0) is 42.5 Å². The first-order valence-corrected chi connectivity index (χ1v) is 11.4. The standard InChI is InChI=1S/C19H25N3O4S2/c1-3-14(2)21-17(23)10-11-20-18(24)13-15-6-8-16(9-7-15)22-28(25,26)19-5-4-12-27-19/h4-9,12,14,22H,3,10-11,13H2,1-2H3,(H,20,24)(H,21,23). The predicted molar refractivity (Wildman–Crippen MR) is 111 cm³/mol. The third-order valence-corrected chi connectivity index (χ3v) is 6.80. The van der Waals surface area contributed by atoms with Crippen LogP contribution in [0, 0.1) is 0 Å². The van der Waals surface area contributed by atoms with Crippen LogP contribution in [0.1, 0.15) is 32.3 Å². The Balaban J connectivity index is 1.79. The number of rotatable bonds is 10. The van der Waals surface area contributed by atoms with Gasteiger partial charge in [0.05, 0.1) is 6.42 Å². The van der Waals surface area contributed by atoms with E-state index in [9.17, 15) is 18.0 Å². The Labute approximate surface area is 169 Å². The maximum atomic E-state index is 12.2. The molecule has 9 heteroatoms. The Morgan fingerprint density at radius 1 is 1.11 bits per heavy atom. The Hall–Kier alpha value is -2.39. The number of benzene rings is 1. The minimum atomic E-state index is -3.59. The molecule has 1 aromatic heterocycles. The van der Waals surface area contributed by atoms with Crippen molar-refractivity contribution < 1.29 is 18.0 Å². The molecule has 1 atom stereocenters. The van der Waals surface area contributed by atoms with Crippen LogP contribution in [0.3, 0.4) is 0 Å². The fourth-order valence-corrected chi connectivity index (χ4v) is 4.38. The lowest BCUT2D eigenvalue weighted by Crippen LogP contribution is -2.35. The molecule has 0 spiro atoms. The lowest BCUT2D eigenvalue weighted by molar-refractivity contribution is -0.122. The molecular weight excluding hydrogens is 398 g/mol. The number of amides is 2. The molecule has 0 radical (unpaired) electrons. The third-order valence-electron chi connectivity index (χ3n) is 4.02. The first-order valence-electron chi connectivity index (χ1n) is 9.01. The van der Waals surface area contributed by atoms with E-state index in [0.717, 1.165) is 23.3 Å². The molecule has 0 saturated carbocycles. The molecular formula is C19H25N3O4S2. The highest BCUT2D eigenvalue weighted by Crippen LogP contribution is 2.20. The summed E-state index contributed by atoms with van der Waals surface area (Å²) in [6, 6.07) is 9.96. The van der Waals surface area contributed by atoms with E-state index in [-0.39, 0.29) is 41.5 Å². The SMILES string of the molecule is CCC(C)NC(=O)CCNC(=O)Cc1ccc(NS(=O)(=O)c2cccs2)cc1. The topological polar surface area (TPSA) is 104 Å². The zero-order valence-corrected chi connectivity index (χ0v) is 17.5. The fraction of sp³-hybridized carbons (Fsp3) is 0.368. The molecule has 1 heterocycles. The van der Waals surface area contributed by atoms with Crippen LogP contribution in [0.4, 0.5) is 5.69 Å². The van der Waals surface area contributed by atoms with Crippen LogP contribution in [-0.2, 0) is 26.0 Å². The molecule has 28 heavy (non-hydrogen) atoms. The quantitative estimate of drug-likeness (QED) is 0.546. The molecule has 3 N–H and O–H groups in total. The molecule has 0 aliphatic heterocycles. The van der Waals surface area contributed by atoms with Crippen LogP contribution in [0.2, 0.25) is 0 Å². The fourth-order valence-electron chi connectivity index (χ4n) is 2.32. The van der Waals surface area contributed by atoms with Crippen LogP contribution >= 0.6 is 11.3 Å². The van der Waals surface area contributed by atoms with Gasteiger partial charge in [-0.25, -0.2) is 8.42 Å². The third kappa shape index (κ3) is 6.97. The summed E-state index contributed by atoms with van der Waals surface area (Å²) in [5, 5.41) is 7.26. The molecule has 1 unspecified atom stereocenters. The molecule has 0 aliphatic carbocycles. The number of hydrogen-bond acceptors (Lipinski definition) is 5. The minimum absolute atomic E-state index is 0.0861. The Kier molecular flexibility index (Phi) is 8.01. The molecule has 7 nitrogen and oxygen atoms in total. The van der Waals surface area contributed by atoms with Crippen molar-refractivity contribution in [2.75, 3.05) is 11.3 Å². The largest absolute Gasteiger partial charge is 0.355 e. The summed E-state index contributed by atoms with van der Waals surface area (Å²) in [5.41, 5.74) is 1.18. The van der Waals surface area contributed by atoms with E-state index in [1.54, 1.807) is 35.7 Å². The monoisotopic (exact) mass is 423 g/mol. The van der Waals surface area contributed by atoms with E-state index in [1.165, 1.54) is 6.07 Å². The van der Waals surface area contributed by atoms with Crippen LogP contribution < -0.4 is 15.4 Å². The highest BCUT2D eigenvalue weighted by Gasteiger charge is 2.15. The van der Waals surface area contributed by atoms with Crippen molar-refractivity contribution in [3.05, 3.63) is 47.3 Å². The second-order valence-corrected chi connectivity index (χ2v) is 9.24. The van der Waals surface area contributed by atoms with E-state index >= 15 is 0 Å². The molecule has 0 bridgehead atoms. The molecule has 152 valence electrons. The van der Waals surface area contributed by atoms with Crippen molar-refractivity contribution in [1.29, 1.82) is 0 Å². The molecule has 2 amide bonds. The van der Waals surface area contributed by atoms with Crippen molar-refractivity contribution >= 4 is 38.9 Å². The van der Waals surface area contributed by atoms with Gasteiger partial charge in [0.2, 0.25) is 11.8 Å². The van der Waals surface area contributed by atoms with Crippen molar-refractivity contribution in [1.82, 2.24) is 10.6 Å². The second-order valence-electron chi connectivity index (χ2n) is 6.39. The first-order chi connectivity index (χ1) is 13.3. The molecule has 2 rings (SSSR count).